The van der Waals surface area contributed by atoms with Crippen molar-refractivity contribution in [3.8, 4) is 0 Å². The van der Waals surface area contributed by atoms with Crippen molar-refractivity contribution in [1.29, 1.82) is 0 Å². The molecule has 1 aromatic rings. The van der Waals surface area contributed by atoms with E-state index in [0.717, 1.165) is 10.5 Å². The van der Waals surface area contributed by atoms with Crippen LogP contribution in [0.1, 0.15) is 40.5 Å². The third kappa shape index (κ3) is 4.66. The number of aliphatic imine (C=N–C) groups is 1. The van der Waals surface area contributed by atoms with Crippen LogP contribution in [0, 0.1) is 0 Å². The van der Waals surface area contributed by atoms with Gasteiger partial charge in [-0.1, -0.05) is 18.2 Å². The van der Waals surface area contributed by atoms with Gasteiger partial charge < -0.3 is 5.32 Å². The van der Waals surface area contributed by atoms with Gasteiger partial charge in [0.1, 0.15) is 0 Å². The van der Waals surface area contributed by atoms with Crippen LogP contribution >= 0.6 is 0 Å². The molecule has 0 bridgehead atoms. The van der Waals surface area contributed by atoms with Crippen LogP contribution in [0.4, 0.5) is 10.1 Å². The molecule has 0 amide bonds. The molecule has 166 valence electrons. The molecule has 8 nitrogen and oxygen atoms in total. The van der Waals surface area contributed by atoms with E-state index >= 15 is 0 Å². The Morgan fingerprint density at radius 2 is 1.70 bits per heavy atom. The third-order valence-corrected chi connectivity index (χ3v) is 6.95. The molecule has 1 aromatic carbocycles. The van der Waals surface area contributed by atoms with Gasteiger partial charge in [0, 0.05) is 22.8 Å². The number of anilines is 1. The fourth-order valence-corrected chi connectivity index (χ4v) is 5.14. The van der Waals surface area contributed by atoms with Gasteiger partial charge in [-0.15, -0.1) is 0 Å². The summed E-state index contributed by atoms with van der Waals surface area (Å²) in [6.45, 7) is 8.49. The minimum Gasteiger partial charge on any atom is -0.325 e. The molecule has 30 heavy (non-hydrogen) atoms. The molecule has 1 saturated heterocycles. The zero-order valence-electron chi connectivity index (χ0n) is 18.1. The Morgan fingerprint density at radius 1 is 1.13 bits per heavy atom. The number of para-hydroxylation sites is 1. The summed E-state index contributed by atoms with van der Waals surface area (Å²) in [5.41, 5.74) is 0.306. The summed E-state index contributed by atoms with van der Waals surface area (Å²) >= 11 is 0. The van der Waals surface area contributed by atoms with Gasteiger partial charge in [0.2, 0.25) is 5.96 Å². The van der Waals surface area contributed by atoms with Crippen LogP contribution in [0.5, 0.6) is 0 Å². The number of benzene rings is 1. The quantitative estimate of drug-likeness (QED) is 0.670. The van der Waals surface area contributed by atoms with Crippen molar-refractivity contribution in [2.75, 3.05) is 12.4 Å². The van der Waals surface area contributed by atoms with Crippen LogP contribution in [-0.4, -0.2) is 53.9 Å². The summed E-state index contributed by atoms with van der Waals surface area (Å²) in [6, 6.07) is 8.80. The van der Waals surface area contributed by atoms with E-state index in [1.54, 1.807) is 24.3 Å². The van der Waals surface area contributed by atoms with E-state index in [-0.39, 0.29) is 23.1 Å². The number of hydrogen-bond acceptors (Lipinski definition) is 6. The number of rotatable bonds is 4. The Hall–Kier alpha value is -2.01. The molecule has 4 N–H and O–H groups in total. The van der Waals surface area contributed by atoms with E-state index in [0.29, 0.717) is 18.5 Å². The first kappa shape index (κ1) is 22.7. The first-order valence-electron chi connectivity index (χ1n) is 9.89. The zero-order valence-corrected chi connectivity index (χ0v) is 18.9. The lowest BCUT2D eigenvalue weighted by molar-refractivity contribution is -0.0213. The number of nitrogens with zero attached hydrogens (tertiary/aromatic N) is 3. The fourth-order valence-electron chi connectivity index (χ4n) is 4.35. The van der Waals surface area contributed by atoms with Crippen molar-refractivity contribution in [2.45, 2.75) is 63.8 Å². The average Bonchev–Trinajstić information content (AvgIpc) is 2.62. The van der Waals surface area contributed by atoms with E-state index < -0.39 is 22.2 Å². The molecule has 1 fully saturated rings. The Balaban J connectivity index is 1.89. The Bertz CT molecular complexity index is 927. The smallest absolute Gasteiger partial charge is 0.303 e. The number of hydrogen-bond donors (Lipinski definition) is 3. The van der Waals surface area contributed by atoms with E-state index in [2.05, 4.69) is 55.3 Å². The van der Waals surface area contributed by atoms with E-state index in [1.807, 2.05) is 6.07 Å². The predicted octanol–water partition coefficient (Wildman–Crippen LogP) is 2.35. The molecule has 10 heteroatoms. The van der Waals surface area contributed by atoms with Gasteiger partial charge in [0.15, 0.2) is 12.0 Å². The zero-order chi connectivity index (χ0) is 22.3. The molecule has 2 aliphatic rings. The minimum absolute atomic E-state index is 0.0611. The van der Waals surface area contributed by atoms with Crippen molar-refractivity contribution in [1.82, 2.24) is 14.5 Å². The van der Waals surface area contributed by atoms with E-state index in [1.165, 1.54) is 0 Å². The van der Waals surface area contributed by atoms with Crippen molar-refractivity contribution in [3.63, 3.8) is 0 Å². The molecule has 2 aliphatic heterocycles. The first-order chi connectivity index (χ1) is 13.8. The summed E-state index contributed by atoms with van der Waals surface area (Å²) in [5, 5.41) is 11.6. The van der Waals surface area contributed by atoms with Gasteiger partial charge in [-0.05, 0) is 59.7 Å². The predicted molar refractivity (Wildman–Crippen MR) is 118 cm³/mol. The van der Waals surface area contributed by atoms with Crippen molar-refractivity contribution >= 4 is 21.9 Å². The van der Waals surface area contributed by atoms with E-state index in [4.69, 9.17) is 5.14 Å². The number of guanidine groups is 1. The van der Waals surface area contributed by atoms with Gasteiger partial charge in [-0.25, -0.2) is 18.8 Å². The molecule has 0 spiro atoms. The number of piperidine rings is 1. The lowest BCUT2D eigenvalue weighted by atomic mass is 9.77. The topological polar surface area (TPSA) is 103 Å². The Labute approximate surface area is 178 Å². The fraction of sp³-hybridized carbons (Fsp3) is 0.550. The molecule has 1 unspecified atom stereocenters. The van der Waals surface area contributed by atoms with Gasteiger partial charge in [0.05, 0.1) is 6.20 Å². The molecular formula is C20H31FN6O2S. The van der Waals surface area contributed by atoms with Crippen LogP contribution in [0.2, 0.25) is 0 Å². The van der Waals surface area contributed by atoms with Crippen LogP contribution in [-0.2, 0) is 10.2 Å². The first-order valence-corrected chi connectivity index (χ1v) is 11.4. The van der Waals surface area contributed by atoms with Gasteiger partial charge in [0.25, 0.3) is 0 Å². The SMILES string of the molecule is CN1C(C)(C)CC(NC2C(F)=CN=C(Nc3ccccc3)N2S(N)(=O)=O)CC1(C)C. The van der Waals surface area contributed by atoms with Crippen molar-refractivity contribution in [2.24, 2.45) is 10.1 Å². The van der Waals surface area contributed by atoms with E-state index in [9.17, 15) is 12.8 Å². The molecule has 0 aliphatic carbocycles. The van der Waals surface area contributed by atoms with Crippen molar-refractivity contribution in [3.05, 3.63) is 42.4 Å². The summed E-state index contributed by atoms with van der Waals surface area (Å²) in [7, 11) is -2.24. The van der Waals surface area contributed by atoms with Gasteiger partial charge in [-0.3, -0.25) is 10.2 Å². The largest absolute Gasteiger partial charge is 0.325 e. The second kappa shape index (κ2) is 7.92. The summed E-state index contributed by atoms with van der Waals surface area (Å²) in [5.74, 6) is -0.772. The van der Waals surface area contributed by atoms with Crippen LogP contribution in [0.25, 0.3) is 0 Å². The van der Waals surface area contributed by atoms with Crippen LogP contribution in [0.15, 0.2) is 47.4 Å². The molecule has 2 heterocycles. The van der Waals surface area contributed by atoms with Crippen molar-refractivity contribution < 1.29 is 12.8 Å². The summed E-state index contributed by atoms with van der Waals surface area (Å²) in [6.07, 6.45) is 1.18. The number of halogens is 1. The summed E-state index contributed by atoms with van der Waals surface area (Å²) < 4.78 is 40.5. The molecule has 0 saturated carbocycles. The summed E-state index contributed by atoms with van der Waals surface area (Å²) in [4.78, 5) is 6.25. The maximum atomic E-state index is 14.8. The second-order valence-corrected chi connectivity index (χ2v) is 10.6. The minimum atomic E-state index is -4.31. The normalized spacial score (nSPS) is 24.9. The Kier molecular flexibility index (Phi) is 5.98. The molecule has 0 aromatic heterocycles. The standard InChI is InChI=1S/C20H31FN6O2S/c1-19(2)11-15(12-20(3,4)26(19)5)24-17-16(21)13-23-18(27(17)30(22,28)29)25-14-9-7-6-8-10-14/h6-10,13,15,17,24H,11-12H2,1-5H3,(H,23,25)(H2,22,28,29). The second-order valence-electron chi connectivity index (χ2n) is 9.16. The van der Waals surface area contributed by atoms with Crippen LogP contribution in [0.3, 0.4) is 0 Å². The van der Waals surface area contributed by atoms with Gasteiger partial charge >= 0.3 is 10.2 Å². The number of nitrogens with two attached hydrogens (primary N) is 1. The average molecular weight is 439 g/mol. The maximum absolute atomic E-state index is 14.8. The highest BCUT2D eigenvalue weighted by Gasteiger charge is 2.45. The highest BCUT2D eigenvalue weighted by molar-refractivity contribution is 7.87. The van der Waals surface area contributed by atoms with Crippen LogP contribution < -0.4 is 15.8 Å². The lowest BCUT2D eigenvalue weighted by Crippen LogP contribution is -2.65. The lowest BCUT2D eigenvalue weighted by Gasteiger charge is -2.54. The number of likely N-dealkylation sites (tertiary alicyclic amines) is 1. The van der Waals surface area contributed by atoms with Gasteiger partial charge in [-0.2, -0.15) is 8.42 Å². The highest BCUT2D eigenvalue weighted by Crippen LogP contribution is 2.37. The molecule has 0 radical (unpaired) electrons. The molecule has 3 rings (SSSR count). The third-order valence-electron chi connectivity index (χ3n) is 6.02. The maximum Gasteiger partial charge on any atom is 0.303 e. The molecular weight excluding hydrogens is 407 g/mol. The number of nitrogens with one attached hydrogen (secondary N) is 2. The monoisotopic (exact) mass is 438 g/mol. The molecule has 1 atom stereocenters. The Morgan fingerprint density at radius 3 is 2.23 bits per heavy atom. The highest BCUT2D eigenvalue weighted by atomic mass is 32.2.